The minimum atomic E-state index is -1.13. The number of nitrogens with one attached hydrogen (secondary N) is 2. The lowest BCUT2D eigenvalue weighted by atomic mass is 10.1. The van der Waals surface area contributed by atoms with Gasteiger partial charge in [0.2, 0.25) is 5.91 Å². The fraction of sp³-hybridized carbons (Fsp3) is 0.267. The molecule has 0 spiro atoms. The Morgan fingerprint density at radius 3 is 2.65 bits per heavy atom. The van der Waals surface area contributed by atoms with E-state index >= 15 is 0 Å². The fourth-order valence-corrected chi connectivity index (χ4v) is 2.55. The number of hydrogen-bond donors (Lipinski definition) is 2. The molecule has 0 radical (unpaired) electrons. The summed E-state index contributed by atoms with van der Waals surface area (Å²) in [4.78, 5) is 27.4. The van der Waals surface area contributed by atoms with E-state index in [9.17, 15) is 9.59 Å². The molecule has 0 unspecified atom stereocenters. The normalized spacial score (nSPS) is 11.0. The number of thiazole rings is 1. The van der Waals surface area contributed by atoms with Crippen LogP contribution in [-0.2, 0) is 9.59 Å². The van der Waals surface area contributed by atoms with Crippen LogP contribution < -0.4 is 15.4 Å². The predicted octanol–water partition coefficient (Wildman–Crippen LogP) is 3.55. The highest BCUT2D eigenvalue weighted by molar-refractivity contribution is 7.19. The van der Waals surface area contributed by atoms with Gasteiger partial charge >= 0.3 is 0 Å². The SMILES string of the molecule is CC(=O)Nc1cccc(OC(C)(C)C(=O)Nc2ncc(Cl)s2)c1. The van der Waals surface area contributed by atoms with Crippen molar-refractivity contribution in [1.82, 2.24) is 4.98 Å². The first-order valence-corrected chi connectivity index (χ1v) is 7.95. The molecule has 2 amide bonds. The minimum absolute atomic E-state index is 0.181. The molecule has 1 aromatic carbocycles. The Kier molecular flexibility index (Phi) is 5.23. The molecule has 2 aromatic rings. The van der Waals surface area contributed by atoms with Gasteiger partial charge in [0.15, 0.2) is 10.7 Å². The molecule has 6 nitrogen and oxygen atoms in total. The van der Waals surface area contributed by atoms with Crippen LogP contribution in [0.3, 0.4) is 0 Å². The van der Waals surface area contributed by atoms with E-state index in [1.807, 2.05) is 0 Å². The molecule has 0 aliphatic rings. The third-order valence-corrected chi connectivity index (χ3v) is 3.80. The van der Waals surface area contributed by atoms with Crippen LogP contribution in [-0.4, -0.2) is 22.4 Å². The Morgan fingerprint density at radius 1 is 1.30 bits per heavy atom. The van der Waals surface area contributed by atoms with E-state index < -0.39 is 5.60 Å². The van der Waals surface area contributed by atoms with Crippen LogP contribution in [0.2, 0.25) is 4.34 Å². The van der Waals surface area contributed by atoms with Gasteiger partial charge in [-0.15, -0.1) is 0 Å². The molecular formula is C15H16ClN3O3S. The minimum Gasteiger partial charge on any atom is -0.478 e. The van der Waals surface area contributed by atoms with Crippen molar-refractivity contribution in [3.05, 3.63) is 34.8 Å². The van der Waals surface area contributed by atoms with Crippen molar-refractivity contribution < 1.29 is 14.3 Å². The molecule has 2 rings (SSSR count). The second-order valence-corrected chi connectivity index (χ2v) is 6.91. The Balaban J connectivity index is 2.07. The van der Waals surface area contributed by atoms with Crippen LogP contribution in [0.25, 0.3) is 0 Å². The zero-order valence-electron chi connectivity index (χ0n) is 12.8. The average molecular weight is 354 g/mol. The van der Waals surface area contributed by atoms with Crippen LogP contribution in [0, 0.1) is 0 Å². The first kappa shape index (κ1) is 17.2. The zero-order valence-corrected chi connectivity index (χ0v) is 14.4. The molecule has 122 valence electrons. The highest BCUT2D eigenvalue weighted by Gasteiger charge is 2.30. The molecule has 0 saturated heterocycles. The number of rotatable bonds is 5. The van der Waals surface area contributed by atoms with E-state index in [4.69, 9.17) is 16.3 Å². The number of carbonyl (C=O) groups excluding carboxylic acids is 2. The third kappa shape index (κ3) is 4.94. The van der Waals surface area contributed by atoms with Crippen molar-refractivity contribution in [3.63, 3.8) is 0 Å². The van der Waals surface area contributed by atoms with E-state index in [0.717, 1.165) is 0 Å². The van der Waals surface area contributed by atoms with Crippen LogP contribution in [0.1, 0.15) is 20.8 Å². The molecule has 0 bridgehead atoms. The molecule has 23 heavy (non-hydrogen) atoms. The van der Waals surface area contributed by atoms with E-state index in [1.165, 1.54) is 24.5 Å². The van der Waals surface area contributed by atoms with Gasteiger partial charge in [0, 0.05) is 18.7 Å². The lowest BCUT2D eigenvalue weighted by Crippen LogP contribution is -2.42. The highest BCUT2D eigenvalue weighted by Crippen LogP contribution is 2.26. The first-order valence-electron chi connectivity index (χ1n) is 6.76. The molecule has 0 atom stereocenters. The molecule has 1 aromatic heterocycles. The number of halogens is 1. The fourth-order valence-electron chi connectivity index (χ4n) is 1.74. The zero-order chi connectivity index (χ0) is 17.0. The van der Waals surface area contributed by atoms with Gasteiger partial charge in [-0.1, -0.05) is 29.0 Å². The molecule has 1 heterocycles. The smallest absolute Gasteiger partial charge is 0.269 e. The lowest BCUT2D eigenvalue weighted by molar-refractivity contribution is -0.128. The van der Waals surface area contributed by atoms with Crippen molar-refractivity contribution in [3.8, 4) is 5.75 Å². The number of carbonyl (C=O) groups is 2. The summed E-state index contributed by atoms with van der Waals surface area (Å²) in [7, 11) is 0. The number of amides is 2. The average Bonchev–Trinajstić information content (AvgIpc) is 2.83. The maximum absolute atomic E-state index is 12.3. The Hall–Kier alpha value is -2.12. The van der Waals surface area contributed by atoms with Gasteiger partial charge in [-0.2, -0.15) is 0 Å². The first-order chi connectivity index (χ1) is 10.8. The summed E-state index contributed by atoms with van der Waals surface area (Å²) in [6.45, 7) is 4.70. The second-order valence-electron chi connectivity index (χ2n) is 5.25. The Labute approximate surface area is 142 Å². The largest absolute Gasteiger partial charge is 0.478 e. The molecule has 0 aliphatic carbocycles. The molecule has 8 heteroatoms. The summed E-state index contributed by atoms with van der Waals surface area (Å²) in [5, 5.41) is 5.73. The van der Waals surface area contributed by atoms with Crippen LogP contribution in [0.15, 0.2) is 30.5 Å². The molecular weight excluding hydrogens is 338 g/mol. The second kappa shape index (κ2) is 6.97. The highest BCUT2D eigenvalue weighted by atomic mass is 35.5. The summed E-state index contributed by atoms with van der Waals surface area (Å²) >= 11 is 6.95. The van der Waals surface area contributed by atoms with Gasteiger partial charge in [0.05, 0.1) is 6.20 Å². The quantitative estimate of drug-likeness (QED) is 0.861. The number of benzene rings is 1. The monoisotopic (exact) mass is 353 g/mol. The summed E-state index contributed by atoms with van der Waals surface area (Å²) < 4.78 is 6.23. The topological polar surface area (TPSA) is 80.3 Å². The van der Waals surface area contributed by atoms with Crippen molar-refractivity contribution in [2.75, 3.05) is 10.6 Å². The van der Waals surface area contributed by atoms with Gasteiger partial charge in [-0.3, -0.25) is 14.9 Å². The van der Waals surface area contributed by atoms with Gasteiger partial charge in [-0.25, -0.2) is 4.98 Å². The third-order valence-electron chi connectivity index (χ3n) is 2.77. The van der Waals surface area contributed by atoms with E-state index in [2.05, 4.69) is 15.6 Å². The van der Waals surface area contributed by atoms with Crippen molar-refractivity contribution in [1.29, 1.82) is 0 Å². The molecule has 2 N–H and O–H groups in total. The number of hydrogen-bond acceptors (Lipinski definition) is 5. The van der Waals surface area contributed by atoms with E-state index in [0.29, 0.717) is 20.9 Å². The maximum atomic E-state index is 12.3. The van der Waals surface area contributed by atoms with Gasteiger partial charge in [-0.05, 0) is 26.0 Å². The number of anilines is 2. The van der Waals surface area contributed by atoms with Gasteiger partial charge < -0.3 is 10.1 Å². The Morgan fingerprint density at radius 2 is 2.04 bits per heavy atom. The summed E-state index contributed by atoms with van der Waals surface area (Å²) in [5.74, 6) is -0.0678. The van der Waals surface area contributed by atoms with Crippen LogP contribution >= 0.6 is 22.9 Å². The van der Waals surface area contributed by atoms with Gasteiger partial charge in [0.1, 0.15) is 10.1 Å². The van der Waals surface area contributed by atoms with Crippen molar-refractivity contribution in [2.45, 2.75) is 26.4 Å². The number of aromatic nitrogens is 1. The summed E-state index contributed by atoms with van der Waals surface area (Å²) in [5.41, 5.74) is -0.537. The van der Waals surface area contributed by atoms with Crippen molar-refractivity contribution >= 4 is 45.6 Å². The summed E-state index contributed by atoms with van der Waals surface area (Å²) in [6, 6.07) is 6.82. The number of ether oxygens (including phenoxy) is 1. The predicted molar refractivity (Wildman–Crippen MR) is 91.2 cm³/mol. The van der Waals surface area contributed by atoms with Gasteiger partial charge in [0.25, 0.3) is 5.91 Å². The summed E-state index contributed by atoms with van der Waals surface area (Å²) in [6.07, 6.45) is 1.46. The van der Waals surface area contributed by atoms with Crippen LogP contribution in [0.4, 0.5) is 10.8 Å². The standard InChI is InChI=1S/C15H16ClN3O3S/c1-9(20)18-10-5-4-6-11(7-10)22-15(2,3)13(21)19-14-17-8-12(16)23-14/h4-8H,1-3H3,(H,18,20)(H,17,19,21). The van der Waals surface area contributed by atoms with E-state index in [-0.39, 0.29) is 11.8 Å². The van der Waals surface area contributed by atoms with E-state index in [1.54, 1.807) is 38.1 Å². The maximum Gasteiger partial charge on any atom is 0.269 e. The molecule has 0 saturated carbocycles. The molecule has 0 aliphatic heterocycles. The Bertz CT molecular complexity index is 730. The lowest BCUT2D eigenvalue weighted by Gasteiger charge is -2.25. The number of nitrogens with zero attached hydrogens (tertiary/aromatic N) is 1. The molecule has 0 fully saturated rings. The van der Waals surface area contributed by atoms with Crippen LogP contribution in [0.5, 0.6) is 5.75 Å². The van der Waals surface area contributed by atoms with Crippen molar-refractivity contribution in [2.24, 2.45) is 0 Å².